The minimum Gasteiger partial charge on any atom is -0.497 e. The molecule has 0 spiro atoms. The number of hydrazone groups is 2. The summed E-state index contributed by atoms with van der Waals surface area (Å²) in [5.41, 5.74) is 6.32. The Morgan fingerprint density at radius 1 is 0.821 bits per heavy atom. The molecule has 0 aliphatic carbocycles. The maximum atomic E-state index is 11.7. The fourth-order valence-electron chi connectivity index (χ4n) is 2.14. The smallest absolute Gasteiger partial charge is 0.240 e. The molecule has 2 amide bonds. The average Bonchev–Trinajstić information content (AvgIpc) is 2.72. The number of nitrogens with zero attached hydrogens (tertiary/aromatic N) is 2. The quantitative estimate of drug-likeness (QED) is 0.512. The van der Waals surface area contributed by atoms with E-state index < -0.39 is 0 Å². The number of nitrogens with one attached hydrogen (secondary N) is 2. The molecule has 0 saturated heterocycles. The van der Waals surface area contributed by atoms with Gasteiger partial charge in [-0.15, -0.1) is 0 Å². The van der Waals surface area contributed by atoms with Gasteiger partial charge in [0.05, 0.1) is 26.6 Å². The van der Waals surface area contributed by atoms with Crippen LogP contribution >= 0.6 is 0 Å². The van der Waals surface area contributed by atoms with Gasteiger partial charge in [-0.05, 0) is 35.4 Å². The molecule has 0 radical (unpaired) electrons. The van der Waals surface area contributed by atoms with Gasteiger partial charge in [0.15, 0.2) is 0 Å². The number of hydrogen-bond acceptors (Lipinski definition) is 6. The normalized spacial score (nSPS) is 10.8. The molecule has 0 bridgehead atoms. The van der Waals surface area contributed by atoms with E-state index in [1.54, 1.807) is 26.4 Å². The van der Waals surface area contributed by atoms with Gasteiger partial charge in [0.2, 0.25) is 11.8 Å². The van der Waals surface area contributed by atoms with Gasteiger partial charge in [-0.25, -0.2) is 10.9 Å². The Balaban J connectivity index is 1.70. The molecule has 8 heteroatoms. The number of carbonyl (C=O) groups is 2. The molecule has 2 N–H and O–H groups in total. The molecule has 8 nitrogen and oxygen atoms in total. The SMILES string of the molecule is COc1cccc(C=NNC(=O)CCC(=O)NN=Cc2cccc(OC)c2)c1. The Bertz CT molecular complexity index is 793. The van der Waals surface area contributed by atoms with Crippen molar-refractivity contribution in [1.29, 1.82) is 0 Å². The van der Waals surface area contributed by atoms with E-state index in [2.05, 4.69) is 21.1 Å². The molecule has 2 aromatic rings. The highest BCUT2D eigenvalue weighted by molar-refractivity contribution is 5.86. The van der Waals surface area contributed by atoms with Crippen LogP contribution in [0.1, 0.15) is 24.0 Å². The summed E-state index contributed by atoms with van der Waals surface area (Å²) in [7, 11) is 3.15. The zero-order valence-electron chi connectivity index (χ0n) is 15.7. The fraction of sp³-hybridized carbons (Fsp3) is 0.200. The van der Waals surface area contributed by atoms with E-state index in [-0.39, 0.29) is 24.7 Å². The van der Waals surface area contributed by atoms with Gasteiger partial charge in [0, 0.05) is 12.8 Å². The first kappa shape index (κ1) is 20.6. The number of methoxy groups -OCH3 is 2. The van der Waals surface area contributed by atoms with Crippen LogP contribution in [0.2, 0.25) is 0 Å². The van der Waals surface area contributed by atoms with Crippen LogP contribution in [0.15, 0.2) is 58.7 Å². The summed E-state index contributed by atoms with van der Waals surface area (Å²) in [6.45, 7) is 0. The number of rotatable bonds is 9. The maximum Gasteiger partial charge on any atom is 0.240 e. The molecule has 0 aliphatic rings. The first-order chi connectivity index (χ1) is 13.6. The maximum absolute atomic E-state index is 11.7. The minimum atomic E-state index is -0.369. The second-order valence-corrected chi connectivity index (χ2v) is 5.64. The van der Waals surface area contributed by atoms with Crippen molar-refractivity contribution in [3.63, 3.8) is 0 Å². The van der Waals surface area contributed by atoms with Crippen molar-refractivity contribution in [1.82, 2.24) is 10.9 Å². The van der Waals surface area contributed by atoms with Gasteiger partial charge in [0.1, 0.15) is 11.5 Å². The van der Waals surface area contributed by atoms with E-state index in [0.717, 1.165) is 11.1 Å². The van der Waals surface area contributed by atoms with Crippen LogP contribution in [-0.2, 0) is 9.59 Å². The summed E-state index contributed by atoms with van der Waals surface area (Å²) in [5, 5.41) is 7.72. The number of amides is 2. The van der Waals surface area contributed by atoms with Crippen LogP contribution in [0.25, 0.3) is 0 Å². The first-order valence-electron chi connectivity index (χ1n) is 8.52. The summed E-state index contributed by atoms with van der Waals surface area (Å²) >= 11 is 0. The van der Waals surface area contributed by atoms with Crippen molar-refractivity contribution < 1.29 is 19.1 Å². The summed E-state index contributed by atoms with van der Waals surface area (Å²) in [4.78, 5) is 23.5. The van der Waals surface area contributed by atoms with E-state index in [4.69, 9.17) is 9.47 Å². The van der Waals surface area contributed by atoms with Crippen molar-refractivity contribution in [2.75, 3.05) is 14.2 Å². The van der Waals surface area contributed by atoms with Crippen molar-refractivity contribution in [2.45, 2.75) is 12.8 Å². The minimum absolute atomic E-state index is 0.00400. The van der Waals surface area contributed by atoms with Crippen molar-refractivity contribution in [3.8, 4) is 11.5 Å². The second kappa shape index (κ2) is 11.1. The van der Waals surface area contributed by atoms with Crippen molar-refractivity contribution in [3.05, 3.63) is 59.7 Å². The van der Waals surface area contributed by atoms with Gasteiger partial charge in [-0.1, -0.05) is 24.3 Å². The standard InChI is InChI=1S/C20H22N4O4/c1-27-17-7-3-5-15(11-17)13-21-23-19(25)9-10-20(26)24-22-14-16-6-4-8-18(12-16)28-2/h3-8,11-14H,9-10H2,1-2H3,(H,23,25)(H,24,26). The summed E-state index contributed by atoms with van der Waals surface area (Å²) in [5.74, 6) is 0.653. The van der Waals surface area contributed by atoms with E-state index >= 15 is 0 Å². The molecule has 146 valence electrons. The first-order valence-corrected chi connectivity index (χ1v) is 8.52. The largest absolute Gasteiger partial charge is 0.497 e. The third-order valence-corrected chi connectivity index (χ3v) is 3.57. The van der Waals surface area contributed by atoms with Crippen molar-refractivity contribution in [2.24, 2.45) is 10.2 Å². The van der Waals surface area contributed by atoms with Gasteiger partial charge in [-0.2, -0.15) is 10.2 Å². The topological polar surface area (TPSA) is 101 Å². The third-order valence-electron chi connectivity index (χ3n) is 3.57. The lowest BCUT2D eigenvalue weighted by atomic mass is 10.2. The Morgan fingerprint density at radius 2 is 1.25 bits per heavy atom. The molecule has 0 fully saturated rings. The molecular formula is C20H22N4O4. The molecule has 0 aliphatic heterocycles. The second-order valence-electron chi connectivity index (χ2n) is 5.64. The molecular weight excluding hydrogens is 360 g/mol. The van der Waals surface area contributed by atoms with Crippen LogP contribution in [0.3, 0.4) is 0 Å². The molecule has 0 saturated carbocycles. The Morgan fingerprint density at radius 3 is 1.64 bits per heavy atom. The number of hydrogen-bond donors (Lipinski definition) is 2. The Hall–Kier alpha value is -3.68. The van der Waals surface area contributed by atoms with Gasteiger partial charge < -0.3 is 9.47 Å². The lowest BCUT2D eigenvalue weighted by Gasteiger charge is -2.02. The van der Waals surface area contributed by atoms with Crippen molar-refractivity contribution >= 4 is 24.2 Å². The highest BCUT2D eigenvalue weighted by atomic mass is 16.5. The van der Waals surface area contributed by atoms with Crippen LogP contribution in [0.5, 0.6) is 11.5 Å². The predicted molar refractivity (Wildman–Crippen MR) is 107 cm³/mol. The third kappa shape index (κ3) is 7.28. The molecule has 0 aromatic heterocycles. The Kier molecular flexibility index (Phi) is 8.19. The van der Waals surface area contributed by atoms with E-state index in [1.165, 1.54) is 12.4 Å². The lowest BCUT2D eigenvalue weighted by Crippen LogP contribution is -2.22. The van der Waals surface area contributed by atoms with Gasteiger partial charge in [0.25, 0.3) is 0 Å². The summed E-state index contributed by atoms with van der Waals surface area (Å²) in [6, 6.07) is 14.5. The van der Waals surface area contributed by atoms with Crippen LogP contribution in [0, 0.1) is 0 Å². The van der Waals surface area contributed by atoms with Crippen LogP contribution in [-0.4, -0.2) is 38.5 Å². The molecule has 0 unspecified atom stereocenters. The fourth-order valence-corrected chi connectivity index (χ4v) is 2.14. The van der Waals surface area contributed by atoms with E-state index in [1.807, 2.05) is 36.4 Å². The highest BCUT2D eigenvalue weighted by Gasteiger charge is 2.05. The summed E-state index contributed by atoms with van der Waals surface area (Å²) in [6.07, 6.45) is 2.99. The van der Waals surface area contributed by atoms with E-state index in [0.29, 0.717) is 11.5 Å². The number of carbonyl (C=O) groups excluding carboxylic acids is 2. The lowest BCUT2D eigenvalue weighted by molar-refractivity contribution is -0.126. The van der Waals surface area contributed by atoms with Gasteiger partial charge >= 0.3 is 0 Å². The average molecular weight is 382 g/mol. The molecule has 0 atom stereocenters. The zero-order valence-corrected chi connectivity index (χ0v) is 15.7. The number of ether oxygens (including phenoxy) is 2. The summed E-state index contributed by atoms with van der Waals surface area (Å²) < 4.78 is 10.2. The number of benzene rings is 2. The Labute approximate surface area is 163 Å². The monoisotopic (exact) mass is 382 g/mol. The van der Waals surface area contributed by atoms with E-state index in [9.17, 15) is 9.59 Å². The van der Waals surface area contributed by atoms with Crippen LogP contribution < -0.4 is 20.3 Å². The molecule has 2 aromatic carbocycles. The predicted octanol–water partition coefficient (Wildman–Crippen LogP) is 2.08. The molecule has 2 rings (SSSR count). The van der Waals surface area contributed by atoms with Gasteiger partial charge in [-0.3, -0.25) is 9.59 Å². The molecule has 28 heavy (non-hydrogen) atoms. The zero-order chi connectivity index (χ0) is 20.2. The molecule has 0 heterocycles. The highest BCUT2D eigenvalue weighted by Crippen LogP contribution is 2.11. The van der Waals surface area contributed by atoms with Crippen LogP contribution in [0.4, 0.5) is 0 Å².